The standard InChI is InChI=1S/C23H20ClIN2O4S/c1-3-9-27-22(29)17(21(28)26-23(27)32)10-15-11-18(25)20(19(12-15)30-4-2)31-13-14-5-7-16(24)8-6-14/h3,5-8,10-12H,1,4,9,13H2,2H3,(H,26,28,32)/b17-10+. The van der Waals surface area contributed by atoms with Crippen molar-refractivity contribution < 1.29 is 19.1 Å². The maximum atomic E-state index is 12.8. The van der Waals surface area contributed by atoms with Gasteiger partial charge in [0.25, 0.3) is 11.8 Å². The van der Waals surface area contributed by atoms with Crippen LogP contribution in [-0.4, -0.2) is 35.0 Å². The molecule has 1 N–H and O–H groups in total. The highest BCUT2D eigenvalue weighted by atomic mass is 127. The number of halogens is 2. The van der Waals surface area contributed by atoms with E-state index in [9.17, 15) is 9.59 Å². The molecule has 1 aliphatic heterocycles. The Kier molecular flexibility index (Phi) is 8.27. The molecule has 0 aromatic heterocycles. The normalized spacial score (nSPS) is 15.0. The van der Waals surface area contributed by atoms with Crippen LogP contribution in [0.25, 0.3) is 6.08 Å². The maximum absolute atomic E-state index is 12.8. The first kappa shape index (κ1) is 24.2. The van der Waals surface area contributed by atoms with Gasteiger partial charge in [0.05, 0.1) is 10.2 Å². The van der Waals surface area contributed by atoms with Crippen molar-refractivity contribution in [3.63, 3.8) is 0 Å². The lowest BCUT2D eigenvalue weighted by Gasteiger charge is -2.27. The lowest BCUT2D eigenvalue weighted by atomic mass is 10.1. The first-order valence-corrected chi connectivity index (χ1v) is 11.5. The minimum atomic E-state index is -0.545. The highest BCUT2D eigenvalue weighted by Gasteiger charge is 2.32. The van der Waals surface area contributed by atoms with Crippen molar-refractivity contribution in [3.05, 3.63) is 74.3 Å². The van der Waals surface area contributed by atoms with E-state index in [-0.39, 0.29) is 17.2 Å². The van der Waals surface area contributed by atoms with Gasteiger partial charge >= 0.3 is 0 Å². The summed E-state index contributed by atoms with van der Waals surface area (Å²) in [6.07, 6.45) is 3.06. The van der Waals surface area contributed by atoms with Crippen LogP contribution in [-0.2, 0) is 16.2 Å². The van der Waals surface area contributed by atoms with Gasteiger partial charge in [-0.1, -0.05) is 29.8 Å². The van der Waals surface area contributed by atoms with Crippen molar-refractivity contribution >= 4 is 69.4 Å². The summed E-state index contributed by atoms with van der Waals surface area (Å²) < 4.78 is 12.6. The van der Waals surface area contributed by atoms with Crippen LogP contribution in [0.3, 0.4) is 0 Å². The molecule has 166 valence electrons. The van der Waals surface area contributed by atoms with Crippen LogP contribution >= 0.6 is 46.4 Å². The average molecular weight is 583 g/mol. The van der Waals surface area contributed by atoms with Crippen LogP contribution in [0.4, 0.5) is 0 Å². The second-order valence-electron chi connectivity index (χ2n) is 6.70. The Morgan fingerprint density at radius 3 is 2.59 bits per heavy atom. The van der Waals surface area contributed by atoms with Gasteiger partial charge in [-0.2, -0.15) is 0 Å². The summed E-state index contributed by atoms with van der Waals surface area (Å²) in [5.74, 6) is 0.0758. The molecule has 3 rings (SSSR count). The molecule has 1 heterocycles. The molecule has 1 saturated heterocycles. The number of rotatable bonds is 8. The van der Waals surface area contributed by atoms with Gasteiger partial charge < -0.3 is 9.47 Å². The van der Waals surface area contributed by atoms with Crippen molar-refractivity contribution in [1.82, 2.24) is 10.2 Å². The predicted molar refractivity (Wildman–Crippen MR) is 137 cm³/mol. The fraction of sp³-hybridized carbons (Fsp3) is 0.174. The lowest BCUT2D eigenvalue weighted by molar-refractivity contribution is -0.128. The third kappa shape index (κ3) is 5.67. The molecule has 0 radical (unpaired) electrons. The molecule has 32 heavy (non-hydrogen) atoms. The highest BCUT2D eigenvalue weighted by Crippen LogP contribution is 2.36. The van der Waals surface area contributed by atoms with Crippen LogP contribution in [0.5, 0.6) is 11.5 Å². The van der Waals surface area contributed by atoms with E-state index in [0.29, 0.717) is 35.3 Å². The number of carbonyl (C=O) groups is 2. The highest BCUT2D eigenvalue weighted by molar-refractivity contribution is 14.1. The number of thiocarbonyl (C=S) groups is 1. The lowest BCUT2D eigenvalue weighted by Crippen LogP contribution is -2.53. The van der Waals surface area contributed by atoms with E-state index in [4.69, 9.17) is 33.3 Å². The van der Waals surface area contributed by atoms with E-state index >= 15 is 0 Å². The summed E-state index contributed by atoms with van der Waals surface area (Å²) in [5, 5.41) is 3.26. The Bertz CT molecular complexity index is 1100. The van der Waals surface area contributed by atoms with Gasteiger partial charge in [-0.15, -0.1) is 6.58 Å². The molecule has 2 aromatic rings. The van der Waals surface area contributed by atoms with E-state index in [0.717, 1.165) is 9.13 Å². The molecule has 2 amide bonds. The van der Waals surface area contributed by atoms with Crippen LogP contribution in [0.2, 0.25) is 5.02 Å². The molecule has 0 saturated carbocycles. The smallest absolute Gasteiger partial charge is 0.265 e. The monoisotopic (exact) mass is 582 g/mol. The van der Waals surface area contributed by atoms with Crippen LogP contribution in [0, 0.1) is 3.57 Å². The maximum Gasteiger partial charge on any atom is 0.265 e. The average Bonchev–Trinajstić information content (AvgIpc) is 2.75. The molecule has 9 heteroatoms. The first-order chi connectivity index (χ1) is 15.3. The summed E-state index contributed by atoms with van der Waals surface area (Å²) in [4.78, 5) is 26.5. The topological polar surface area (TPSA) is 67.9 Å². The molecular formula is C23H20ClIN2O4S. The second-order valence-corrected chi connectivity index (χ2v) is 8.69. The van der Waals surface area contributed by atoms with Crippen molar-refractivity contribution in [1.29, 1.82) is 0 Å². The van der Waals surface area contributed by atoms with E-state index in [1.165, 1.54) is 11.0 Å². The molecule has 1 aliphatic rings. The van der Waals surface area contributed by atoms with Crippen LogP contribution < -0.4 is 14.8 Å². The minimum Gasteiger partial charge on any atom is -0.490 e. The first-order valence-electron chi connectivity index (χ1n) is 9.67. The predicted octanol–water partition coefficient (Wildman–Crippen LogP) is 4.74. The number of benzene rings is 2. The Balaban J connectivity index is 1.91. The van der Waals surface area contributed by atoms with Crippen molar-refractivity contribution in [2.24, 2.45) is 0 Å². The number of amides is 2. The van der Waals surface area contributed by atoms with Gasteiger partial charge in [0.15, 0.2) is 16.6 Å². The van der Waals surface area contributed by atoms with Gasteiger partial charge in [0.1, 0.15) is 12.2 Å². The SMILES string of the molecule is C=CCN1C(=O)/C(=C/c2cc(I)c(OCc3ccc(Cl)cc3)c(OCC)c2)C(=O)NC1=S. The fourth-order valence-corrected chi connectivity index (χ4v) is 4.12. The Hall–Kier alpha value is -2.43. The van der Waals surface area contributed by atoms with Crippen LogP contribution in [0.15, 0.2) is 54.6 Å². The number of nitrogens with one attached hydrogen (secondary N) is 1. The largest absolute Gasteiger partial charge is 0.490 e. The van der Waals surface area contributed by atoms with E-state index in [1.54, 1.807) is 24.3 Å². The zero-order chi connectivity index (χ0) is 23.3. The fourth-order valence-electron chi connectivity index (χ4n) is 2.97. The summed E-state index contributed by atoms with van der Waals surface area (Å²) in [5.41, 5.74) is 1.57. The molecule has 1 fully saturated rings. The van der Waals surface area contributed by atoms with Gasteiger partial charge in [-0.25, -0.2) is 0 Å². The summed E-state index contributed by atoms with van der Waals surface area (Å²) in [7, 11) is 0. The third-order valence-corrected chi connectivity index (χ3v) is 5.81. The number of carbonyl (C=O) groups excluding carboxylic acids is 2. The summed E-state index contributed by atoms with van der Waals surface area (Å²) >= 11 is 13.2. The van der Waals surface area contributed by atoms with E-state index < -0.39 is 11.8 Å². The van der Waals surface area contributed by atoms with Gasteiger partial charge in [-0.05, 0) is 83.2 Å². The van der Waals surface area contributed by atoms with Gasteiger partial charge in [0.2, 0.25) is 0 Å². The zero-order valence-electron chi connectivity index (χ0n) is 17.2. The van der Waals surface area contributed by atoms with Crippen molar-refractivity contribution in [2.75, 3.05) is 13.2 Å². The molecule has 0 bridgehead atoms. The summed E-state index contributed by atoms with van der Waals surface area (Å²) in [6, 6.07) is 10.9. The van der Waals surface area contributed by atoms with E-state index in [2.05, 4.69) is 34.5 Å². The molecule has 6 nitrogen and oxygen atoms in total. The molecule has 0 aliphatic carbocycles. The van der Waals surface area contributed by atoms with E-state index in [1.807, 2.05) is 25.1 Å². The number of nitrogens with zero attached hydrogens (tertiary/aromatic N) is 1. The number of hydrogen-bond acceptors (Lipinski definition) is 5. The zero-order valence-corrected chi connectivity index (χ0v) is 20.9. The quantitative estimate of drug-likeness (QED) is 0.160. The Labute approximate surface area is 210 Å². The summed E-state index contributed by atoms with van der Waals surface area (Å²) in [6.45, 7) is 6.46. The molecular weight excluding hydrogens is 563 g/mol. The minimum absolute atomic E-state index is 0.0199. The second kappa shape index (κ2) is 10.9. The van der Waals surface area contributed by atoms with Crippen LogP contribution in [0.1, 0.15) is 18.1 Å². The van der Waals surface area contributed by atoms with Gasteiger partial charge in [-0.3, -0.25) is 19.8 Å². The third-order valence-electron chi connectivity index (χ3n) is 4.44. The Morgan fingerprint density at radius 1 is 1.22 bits per heavy atom. The van der Waals surface area contributed by atoms with Gasteiger partial charge in [0, 0.05) is 11.6 Å². The molecule has 0 atom stereocenters. The Morgan fingerprint density at radius 2 is 1.94 bits per heavy atom. The molecule has 2 aromatic carbocycles. The molecule has 0 unspecified atom stereocenters. The number of ether oxygens (including phenoxy) is 2. The number of hydrogen-bond donors (Lipinski definition) is 1. The van der Waals surface area contributed by atoms with Crippen molar-refractivity contribution in [2.45, 2.75) is 13.5 Å². The molecule has 0 spiro atoms. The van der Waals surface area contributed by atoms with Crippen molar-refractivity contribution in [3.8, 4) is 11.5 Å².